The highest BCUT2D eigenvalue weighted by Gasteiger charge is 2.22. The van der Waals surface area contributed by atoms with Crippen LogP contribution in [0.25, 0.3) is 22.2 Å². The summed E-state index contributed by atoms with van der Waals surface area (Å²) in [4.78, 5) is 16.1. The number of carbonyl (C=O) groups excluding carboxylic acids is 1. The molecule has 0 bridgehead atoms. The van der Waals surface area contributed by atoms with Crippen LogP contribution in [0.5, 0.6) is 5.75 Å². The molecule has 0 spiro atoms. The Bertz CT molecular complexity index is 982. The number of ether oxygens (including phenoxy) is 1. The summed E-state index contributed by atoms with van der Waals surface area (Å²) < 4.78 is 5.88. The number of carbonyl (C=O) groups is 1. The summed E-state index contributed by atoms with van der Waals surface area (Å²) in [7, 11) is 0. The quantitative estimate of drug-likeness (QED) is 0.676. The van der Waals surface area contributed by atoms with Gasteiger partial charge in [0.25, 0.3) is 0 Å². The maximum absolute atomic E-state index is 11.3. The normalized spacial score (nSPS) is 14.9. The molecule has 1 aliphatic carbocycles. The van der Waals surface area contributed by atoms with Crippen LogP contribution in [-0.2, 0) is 11.2 Å². The first-order valence-corrected chi connectivity index (χ1v) is 9.19. The average molecular weight is 362 g/mol. The lowest BCUT2D eigenvalue weighted by molar-refractivity contribution is -0.125. The van der Waals surface area contributed by atoms with Gasteiger partial charge in [-0.25, -0.2) is 4.98 Å². The first kappa shape index (κ1) is 17.5. The van der Waals surface area contributed by atoms with Gasteiger partial charge in [-0.15, -0.1) is 0 Å². The van der Waals surface area contributed by atoms with Crippen molar-refractivity contribution in [2.24, 2.45) is 11.7 Å². The van der Waals surface area contributed by atoms with Crippen LogP contribution in [0.1, 0.15) is 18.4 Å². The van der Waals surface area contributed by atoms with Crippen molar-refractivity contribution in [3.05, 3.63) is 60.2 Å². The Balaban J connectivity index is 1.70. The van der Waals surface area contributed by atoms with Crippen molar-refractivity contribution in [3.63, 3.8) is 0 Å². The molecule has 0 aliphatic heterocycles. The molecular formula is C22H22N2O3. The molecule has 1 saturated carbocycles. The highest BCUT2D eigenvalue weighted by atomic mass is 16.5. The minimum Gasteiger partial charge on any atom is -0.493 e. The third-order valence-electron chi connectivity index (χ3n) is 4.86. The lowest BCUT2D eigenvalue weighted by atomic mass is 9.99. The number of amides is 1. The Hall–Kier alpha value is -2.92. The Labute approximate surface area is 157 Å². The minimum absolute atomic E-state index is 0.156. The van der Waals surface area contributed by atoms with Crippen LogP contribution in [0.4, 0.5) is 0 Å². The molecule has 5 heteroatoms. The summed E-state index contributed by atoms with van der Waals surface area (Å²) in [6, 6.07) is 17.5. The van der Waals surface area contributed by atoms with E-state index in [-0.39, 0.29) is 6.42 Å². The molecular weight excluding hydrogens is 340 g/mol. The summed E-state index contributed by atoms with van der Waals surface area (Å²) in [5.41, 5.74) is 8.60. The van der Waals surface area contributed by atoms with Crippen molar-refractivity contribution in [1.82, 2.24) is 4.98 Å². The SMILES string of the molecule is NC(=O)C(O)Cc1cc(-c2cccc(OCC3CC3)c2)nc2ccccc12. The van der Waals surface area contributed by atoms with E-state index in [4.69, 9.17) is 15.5 Å². The molecule has 2 aromatic carbocycles. The Morgan fingerprint density at radius 2 is 2.00 bits per heavy atom. The van der Waals surface area contributed by atoms with Crippen molar-refractivity contribution >= 4 is 16.8 Å². The number of para-hydroxylation sites is 1. The molecule has 1 amide bonds. The van der Waals surface area contributed by atoms with Crippen molar-refractivity contribution in [2.45, 2.75) is 25.4 Å². The Kier molecular flexibility index (Phi) is 4.77. The first-order chi connectivity index (χ1) is 13.1. The van der Waals surface area contributed by atoms with Crippen molar-refractivity contribution in [1.29, 1.82) is 0 Å². The fourth-order valence-electron chi connectivity index (χ4n) is 3.12. The van der Waals surface area contributed by atoms with Crippen LogP contribution in [0.3, 0.4) is 0 Å². The highest BCUT2D eigenvalue weighted by Crippen LogP contribution is 2.31. The number of hydrogen-bond donors (Lipinski definition) is 2. The number of primary amides is 1. The van der Waals surface area contributed by atoms with E-state index in [1.54, 1.807) is 0 Å². The maximum atomic E-state index is 11.3. The first-order valence-electron chi connectivity index (χ1n) is 9.19. The van der Waals surface area contributed by atoms with Gasteiger partial charge in [-0.2, -0.15) is 0 Å². The second kappa shape index (κ2) is 7.37. The summed E-state index contributed by atoms with van der Waals surface area (Å²) in [6.07, 6.45) is 1.43. The van der Waals surface area contributed by atoms with E-state index in [1.807, 2.05) is 54.6 Å². The molecule has 0 saturated heterocycles. The standard InChI is InChI=1S/C22H22N2O3/c23-22(26)21(25)12-16-11-20(24-19-7-2-1-6-18(16)19)15-4-3-5-17(10-15)27-13-14-8-9-14/h1-7,10-11,14,21,25H,8-9,12-13H2,(H2,23,26). The summed E-state index contributed by atoms with van der Waals surface area (Å²) >= 11 is 0. The van der Waals surface area contributed by atoms with Crippen molar-refractivity contribution < 1.29 is 14.6 Å². The van der Waals surface area contributed by atoms with Crippen LogP contribution in [0, 0.1) is 5.92 Å². The van der Waals surface area contributed by atoms with E-state index in [2.05, 4.69) is 0 Å². The number of nitrogens with zero attached hydrogens (tertiary/aromatic N) is 1. The number of hydrogen-bond acceptors (Lipinski definition) is 4. The van der Waals surface area contributed by atoms with Gasteiger partial charge >= 0.3 is 0 Å². The zero-order valence-electron chi connectivity index (χ0n) is 15.0. The molecule has 1 unspecified atom stereocenters. The highest BCUT2D eigenvalue weighted by molar-refractivity contribution is 5.86. The van der Waals surface area contributed by atoms with Gasteiger partial charge in [-0.3, -0.25) is 4.79 Å². The predicted molar refractivity (Wildman–Crippen MR) is 104 cm³/mol. The van der Waals surface area contributed by atoms with Gasteiger partial charge in [0.15, 0.2) is 0 Å². The van der Waals surface area contributed by atoms with E-state index < -0.39 is 12.0 Å². The van der Waals surface area contributed by atoms with Gasteiger partial charge in [0.1, 0.15) is 11.9 Å². The van der Waals surface area contributed by atoms with E-state index in [1.165, 1.54) is 12.8 Å². The number of fused-ring (bicyclic) bond motifs is 1. The fourth-order valence-corrected chi connectivity index (χ4v) is 3.12. The molecule has 4 rings (SSSR count). The molecule has 3 aromatic rings. The number of aliphatic hydroxyl groups is 1. The Morgan fingerprint density at radius 1 is 1.19 bits per heavy atom. The zero-order valence-corrected chi connectivity index (χ0v) is 15.0. The number of pyridine rings is 1. The summed E-state index contributed by atoms with van der Waals surface area (Å²) in [5, 5.41) is 10.9. The third-order valence-corrected chi connectivity index (χ3v) is 4.86. The zero-order chi connectivity index (χ0) is 18.8. The van der Waals surface area contributed by atoms with E-state index in [9.17, 15) is 9.90 Å². The number of rotatable bonds is 7. The molecule has 27 heavy (non-hydrogen) atoms. The summed E-state index contributed by atoms with van der Waals surface area (Å²) in [5.74, 6) is 0.787. The Morgan fingerprint density at radius 3 is 2.78 bits per heavy atom. The van der Waals surface area contributed by atoms with Gasteiger partial charge in [-0.1, -0.05) is 30.3 Å². The van der Waals surface area contributed by atoms with E-state index >= 15 is 0 Å². The molecule has 1 fully saturated rings. The second-order valence-corrected chi connectivity index (χ2v) is 7.09. The molecule has 1 aliphatic rings. The van der Waals surface area contributed by atoms with Crippen LogP contribution < -0.4 is 10.5 Å². The number of aromatic nitrogens is 1. The number of nitrogens with two attached hydrogens (primary N) is 1. The van der Waals surface area contributed by atoms with Crippen LogP contribution in [-0.4, -0.2) is 28.7 Å². The monoisotopic (exact) mass is 362 g/mol. The lowest BCUT2D eigenvalue weighted by Gasteiger charge is -2.13. The van der Waals surface area contributed by atoms with Crippen LogP contribution >= 0.6 is 0 Å². The van der Waals surface area contributed by atoms with Crippen molar-refractivity contribution in [2.75, 3.05) is 6.61 Å². The molecule has 138 valence electrons. The van der Waals surface area contributed by atoms with Gasteiger partial charge in [-0.05, 0) is 48.6 Å². The average Bonchev–Trinajstić information content (AvgIpc) is 3.51. The second-order valence-electron chi connectivity index (χ2n) is 7.09. The number of benzene rings is 2. The van der Waals surface area contributed by atoms with Crippen LogP contribution in [0.15, 0.2) is 54.6 Å². The molecule has 3 N–H and O–H groups in total. The van der Waals surface area contributed by atoms with Gasteiger partial charge in [0, 0.05) is 17.4 Å². The topological polar surface area (TPSA) is 85.4 Å². The van der Waals surface area contributed by atoms with Crippen molar-refractivity contribution in [3.8, 4) is 17.0 Å². The molecule has 1 atom stereocenters. The number of aliphatic hydroxyl groups excluding tert-OH is 1. The van der Waals surface area contributed by atoms with E-state index in [0.717, 1.165) is 40.1 Å². The minimum atomic E-state index is -1.23. The van der Waals surface area contributed by atoms with Gasteiger partial charge in [0.2, 0.25) is 5.91 Å². The molecule has 5 nitrogen and oxygen atoms in total. The molecule has 1 aromatic heterocycles. The summed E-state index contributed by atoms with van der Waals surface area (Å²) in [6.45, 7) is 0.755. The van der Waals surface area contributed by atoms with E-state index in [0.29, 0.717) is 5.92 Å². The largest absolute Gasteiger partial charge is 0.493 e. The van der Waals surface area contributed by atoms with Crippen LogP contribution in [0.2, 0.25) is 0 Å². The smallest absolute Gasteiger partial charge is 0.246 e. The maximum Gasteiger partial charge on any atom is 0.246 e. The fraction of sp³-hybridized carbons (Fsp3) is 0.273. The molecule has 0 radical (unpaired) electrons. The molecule has 1 heterocycles. The lowest BCUT2D eigenvalue weighted by Crippen LogP contribution is -2.30. The van der Waals surface area contributed by atoms with Gasteiger partial charge in [0.05, 0.1) is 17.8 Å². The van der Waals surface area contributed by atoms with Gasteiger partial charge < -0.3 is 15.6 Å². The predicted octanol–water partition coefficient (Wildman–Crippen LogP) is 3.08. The third kappa shape index (κ3) is 4.09.